The first-order valence-electron chi connectivity index (χ1n) is 8.75. The molecule has 3 aromatic rings. The molecule has 0 bridgehead atoms. The standard InChI is InChI=1S/C20H22BrN5S/c1-22-19-18(21)14-23-20(26-19)25-16-10-5-11-17(13-16)27-24-12-6-9-15-7-3-2-4-8-15/h2-5,7-8,10-11,13-14,24H,6,9,12H2,1H3,(H2,22,23,25,26). The molecule has 0 aliphatic rings. The Morgan fingerprint density at radius 1 is 1.07 bits per heavy atom. The number of hydrogen-bond acceptors (Lipinski definition) is 6. The molecule has 1 heterocycles. The van der Waals surface area contributed by atoms with Crippen LogP contribution in [0, 0.1) is 0 Å². The molecule has 1 aromatic heterocycles. The van der Waals surface area contributed by atoms with E-state index in [1.54, 1.807) is 18.1 Å². The van der Waals surface area contributed by atoms with E-state index < -0.39 is 0 Å². The number of nitrogens with one attached hydrogen (secondary N) is 3. The molecule has 0 radical (unpaired) electrons. The lowest BCUT2D eigenvalue weighted by Crippen LogP contribution is -2.06. The van der Waals surface area contributed by atoms with Crippen molar-refractivity contribution in [3.8, 4) is 0 Å². The van der Waals surface area contributed by atoms with Gasteiger partial charge in [0.2, 0.25) is 5.95 Å². The highest BCUT2D eigenvalue weighted by Gasteiger charge is 2.04. The van der Waals surface area contributed by atoms with Crippen LogP contribution in [0.1, 0.15) is 12.0 Å². The van der Waals surface area contributed by atoms with Gasteiger partial charge in [0, 0.05) is 30.4 Å². The van der Waals surface area contributed by atoms with Gasteiger partial charge in [-0.2, -0.15) is 4.98 Å². The molecule has 3 rings (SSSR count). The number of rotatable bonds is 9. The van der Waals surface area contributed by atoms with Crippen molar-refractivity contribution < 1.29 is 0 Å². The first-order chi connectivity index (χ1) is 13.2. The lowest BCUT2D eigenvalue weighted by atomic mass is 10.1. The van der Waals surface area contributed by atoms with E-state index in [2.05, 4.69) is 83.7 Å². The van der Waals surface area contributed by atoms with Gasteiger partial charge in [-0.1, -0.05) is 36.4 Å². The molecular weight excluding hydrogens is 422 g/mol. The average Bonchev–Trinajstić information content (AvgIpc) is 2.70. The molecule has 27 heavy (non-hydrogen) atoms. The fourth-order valence-corrected chi connectivity index (χ4v) is 3.65. The Hall–Kier alpha value is -2.09. The van der Waals surface area contributed by atoms with Gasteiger partial charge in [0.15, 0.2) is 0 Å². The topological polar surface area (TPSA) is 61.9 Å². The van der Waals surface area contributed by atoms with Crippen LogP contribution in [0.25, 0.3) is 0 Å². The second-order valence-corrected chi connectivity index (χ2v) is 7.70. The van der Waals surface area contributed by atoms with Crippen LogP contribution < -0.4 is 15.4 Å². The Balaban J connectivity index is 1.48. The lowest BCUT2D eigenvalue weighted by molar-refractivity contribution is 0.798. The summed E-state index contributed by atoms with van der Waals surface area (Å²) < 4.78 is 4.26. The van der Waals surface area contributed by atoms with E-state index in [9.17, 15) is 0 Å². The lowest BCUT2D eigenvalue weighted by Gasteiger charge is -2.09. The molecule has 0 amide bonds. The van der Waals surface area contributed by atoms with Crippen LogP contribution >= 0.6 is 27.9 Å². The van der Waals surface area contributed by atoms with Gasteiger partial charge in [-0.05, 0) is 64.5 Å². The Bertz CT molecular complexity index is 860. The summed E-state index contributed by atoms with van der Waals surface area (Å²) in [7, 11) is 1.83. The van der Waals surface area contributed by atoms with Crippen molar-refractivity contribution in [3.63, 3.8) is 0 Å². The van der Waals surface area contributed by atoms with Gasteiger partial charge in [-0.15, -0.1) is 0 Å². The Labute approximate surface area is 172 Å². The number of nitrogens with zero attached hydrogens (tertiary/aromatic N) is 2. The minimum atomic E-state index is 0.556. The maximum atomic E-state index is 4.43. The van der Waals surface area contributed by atoms with Crippen molar-refractivity contribution in [2.75, 3.05) is 24.2 Å². The van der Waals surface area contributed by atoms with Gasteiger partial charge in [0.05, 0.1) is 4.47 Å². The SMILES string of the molecule is CNc1nc(Nc2cccc(SNCCCc3ccccc3)c2)ncc1Br. The molecule has 2 aromatic carbocycles. The van der Waals surface area contributed by atoms with Crippen molar-refractivity contribution in [1.82, 2.24) is 14.7 Å². The zero-order valence-electron chi connectivity index (χ0n) is 15.1. The third kappa shape index (κ3) is 6.23. The molecule has 140 valence electrons. The fourth-order valence-electron chi connectivity index (χ4n) is 2.51. The van der Waals surface area contributed by atoms with Gasteiger partial charge in [0.1, 0.15) is 5.82 Å². The number of halogens is 1. The summed E-state index contributed by atoms with van der Waals surface area (Å²) in [5.41, 5.74) is 2.33. The Morgan fingerprint density at radius 3 is 2.74 bits per heavy atom. The summed E-state index contributed by atoms with van der Waals surface area (Å²) >= 11 is 5.06. The van der Waals surface area contributed by atoms with E-state index in [1.807, 2.05) is 19.2 Å². The molecule has 0 aliphatic carbocycles. The van der Waals surface area contributed by atoms with Crippen molar-refractivity contribution in [1.29, 1.82) is 0 Å². The van der Waals surface area contributed by atoms with E-state index in [-0.39, 0.29) is 0 Å². The summed E-state index contributed by atoms with van der Waals surface area (Å²) in [5, 5.41) is 6.28. The van der Waals surface area contributed by atoms with E-state index in [4.69, 9.17) is 0 Å². The third-order valence-corrected chi connectivity index (χ3v) is 5.27. The molecule has 5 nitrogen and oxygen atoms in total. The van der Waals surface area contributed by atoms with Crippen LogP contribution in [-0.2, 0) is 6.42 Å². The molecular formula is C20H22BrN5S. The largest absolute Gasteiger partial charge is 0.372 e. The summed E-state index contributed by atoms with van der Waals surface area (Å²) in [6, 6.07) is 18.8. The van der Waals surface area contributed by atoms with Crippen molar-refractivity contribution in [2.24, 2.45) is 0 Å². The highest BCUT2D eigenvalue weighted by atomic mass is 79.9. The summed E-state index contributed by atoms with van der Waals surface area (Å²) in [6.45, 7) is 0.957. The van der Waals surface area contributed by atoms with Crippen molar-refractivity contribution in [2.45, 2.75) is 17.7 Å². The molecule has 0 spiro atoms. The van der Waals surface area contributed by atoms with Crippen LogP contribution in [-0.4, -0.2) is 23.6 Å². The minimum absolute atomic E-state index is 0.556. The third-order valence-electron chi connectivity index (χ3n) is 3.85. The van der Waals surface area contributed by atoms with Crippen LogP contribution in [0.15, 0.2) is 70.2 Å². The minimum Gasteiger partial charge on any atom is -0.372 e. The summed E-state index contributed by atoms with van der Waals surface area (Å²) in [5.74, 6) is 1.30. The highest BCUT2D eigenvalue weighted by molar-refractivity contribution is 9.10. The first-order valence-corrected chi connectivity index (χ1v) is 10.4. The van der Waals surface area contributed by atoms with Crippen LogP contribution in [0.2, 0.25) is 0 Å². The number of anilines is 3. The molecule has 0 atom stereocenters. The monoisotopic (exact) mass is 443 g/mol. The van der Waals surface area contributed by atoms with Gasteiger partial charge < -0.3 is 10.6 Å². The number of benzene rings is 2. The molecule has 0 unspecified atom stereocenters. The predicted molar refractivity (Wildman–Crippen MR) is 118 cm³/mol. The molecule has 0 aliphatic heterocycles. The normalized spacial score (nSPS) is 10.6. The quantitative estimate of drug-likeness (QED) is 0.309. The zero-order chi connectivity index (χ0) is 18.9. The van der Waals surface area contributed by atoms with Gasteiger partial charge >= 0.3 is 0 Å². The van der Waals surface area contributed by atoms with Gasteiger partial charge in [0.25, 0.3) is 0 Å². The van der Waals surface area contributed by atoms with Crippen molar-refractivity contribution in [3.05, 3.63) is 70.8 Å². The predicted octanol–water partition coefficient (Wildman–Crippen LogP) is 5.25. The molecule has 0 saturated heterocycles. The second-order valence-electron chi connectivity index (χ2n) is 5.88. The maximum absolute atomic E-state index is 4.43. The molecule has 0 fully saturated rings. The number of aryl methyl sites for hydroxylation is 1. The van der Waals surface area contributed by atoms with E-state index in [1.165, 1.54) is 5.56 Å². The van der Waals surface area contributed by atoms with Crippen LogP contribution in [0.4, 0.5) is 17.5 Å². The number of aromatic nitrogens is 2. The molecule has 0 saturated carbocycles. The van der Waals surface area contributed by atoms with Gasteiger partial charge in [-0.3, -0.25) is 4.72 Å². The zero-order valence-corrected chi connectivity index (χ0v) is 17.5. The second kappa shape index (κ2) is 10.3. The number of hydrogen-bond donors (Lipinski definition) is 3. The summed E-state index contributed by atoms with van der Waals surface area (Å²) in [4.78, 5) is 9.87. The van der Waals surface area contributed by atoms with E-state index >= 15 is 0 Å². The smallest absolute Gasteiger partial charge is 0.229 e. The highest BCUT2D eigenvalue weighted by Crippen LogP contribution is 2.24. The van der Waals surface area contributed by atoms with E-state index in [0.29, 0.717) is 5.95 Å². The van der Waals surface area contributed by atoms with Crippen LogP contribution in [0.5, 0.6) is 0 Å². The maximum Gasteiger partial charge on any atom is 0.229 e. The average molecular weight is 444 g/mol. The molecule has 7 heteroatoms. The van der Waals surface area contributed by atoms with Crippen molar-refractivity contribution >= 4 is 45.3 Å². The first kappa shape index (κ1) is 19.7. The fraction of sp³-hybridized carbons (Fsp3) is 0.200. The van der Waals surface area contributed by atoms with Crippen LogP contribution in [0.3, 0.4) is 0 Å². The summed E-state index contributed by atoms with van der Waals surface area (Å²) in [6.07, 6.45) is 3.92. The van der Waals surface area contributed by atoms with Gasteiger partial charge in [-0.25, -0.2) is 4.98 Å². The van der Waals surface area contributed by atoms with E-state index in [0.717, 1.165) is 40.3 Å². The molecule has 3 N–H and O–H groups in total. The Kier molecular flexibility index (Phi) is 7.50. The Morgan fingerprint density at radius 2 is 1.93 bits per heavy atom.